The molecular formula is C18H23ClSi. The summed E-state index contributed by atoms with van der Waals surface area (Å²) in [5.41, 5.74) is 5.64. The summed E-state index contributed by atoms with van der Waals surface area (Å²) < 4.78 is 0. The zero-order valence-corrected chi connectivity index (χ0v) is 14.3. The zero-order valence-electron chi connectivity index (χ0n) is 12.4. The van der Waals surface area contributed by atoms with E-state index in [1.807, 2.05) is 0 Å². The predicted octanol–water partition coefficient (Wildman–Crippen LogP) is 5.41. The number of hydrogen-bond acceptors (Lipinski definition) is 0. The van der Waals surface area contributed by atoms with Crippen LogP contribution in [0.1, 0.15) is 30.9 Å². The van der Waals surface area contributed by atoms with E-state index in [1.165, 1.54) is 29.5 Å². The summed E-state index contributed by atoms with van der Waals surface area (Å²) in [6, 6.07) is 19.7. The highest BCUT2D eigenvalue weighted by molar-refractivity contribution is 6.67. The second-order valence-corrected chi connectivity index (χ2v) is 9.51. The van der Waals surface area contributed by atoms with Gasteiger partial charge in [-0.05, 0) is 28.7 Å². The second-order valence-electron chi connectivity index (χ2n) is 5.51. The van der Waals surface area contributed by atoms with Crippen molar-refractivity contribution in [2.24, 2.45) is 0 Å². The van der Waals surface area contributed by atoms with Gasteiger partial charge >= 0.3 is 0 Å². The van der Waals surface area contributed by atoms with Gasteiger partial charge in [0.2, 0.25) is 0 Å². The van der Waals surface area contributed by atoms with E-state index < -0.39 is 8.80 Å². The number of hydrogen-bond donors (Lipinski definition) is 0. The Morgan fingerprint density at radius 2 is 1.55 bits per heavy atom. The van der Waals surface area contributed by atoms with E-state index in [1.54, 1.807) is 0 Å². The van der Waals surface area contributed by atoms with Crippen LogP contribution < -0.4 is 0 Å². The Morgan fingerprint density at radius 3 is 2.10 bits per heavy atom. The third kappa shape index (κ3) is 3.74. The van der Waals surface area contributed by atoms with Crippen molar-refractivity contribution in [3.63, 3.8) is 0 Å². The van der Waals surface area contributed by atoms with Crippen molar-refractivity contribution < 1.29 is 0 Å². The van der Waals surface area contributed by atoms with Gasteiger partial charge in [-0.3, -0.25) is 0 Å². The van der Waals surface area contributed by atoms with Gasteiger partial charge in [0.05, 0.1) is 8.80 Å². The zero-order chi connectivity index (χ0) is 14.4. The van der Waals surface area contributed by atoms with Crippen molar-refractivity contribution in [2.45, 2.75) is 31.9 Å². The molecule has 2 heteroatoms. The van der Waals surface area contributed by atoms with E-state index in [2.05, 4.69) is 68.1 Å². The van der Waals surface area contributed by atoms with Gasteiger partial charge in [0.1, 0.15) is 0 Å². The normalized spacial score (nSPS) is 13.9. The molecule has 2 atom stereocenters. The van der Waals surface area contributed by atoms with E-state index >= 15 is 0 Å². The van der Waals surface area contributed by atoms with E-state index in [-0.39, 0.29) is 0 Å². The molecular weight excluding hydrogens is 280 g/mol. The second kappa shape index (κ2) is 7.66. The van der Waals surface area contributed by atoms with Crippen molar-refractivity contribution in [1.29, 1.82) is 0 Å². The molecule has 0 aliphatic carbocycles. The lowest BCUT2D eigenvalue weighted by Crippen LogP contribution is -2.22. The average molecular weight is 303 g/mol. The molecule has 2 aromatic rings. The van der Waals surface area contributed by atoms with Gasteiger partial charge in [-0.1, -0.05) is 74.5 Å². The maximum Gasteiger partial charge on any atom is 0.0587 e. The molecule has 0 N–H and O–H groups in total. The SMILES string of the molecule is CCCC(c1ccc(-c2ccccc2)cc1)[SiH](C)CCl. The van der Waals surface area contributed by atoms with E-state index in [4.69, 9.17) is 11.6 Å². The van der Waals surface area contributed by atoms with Crippen molar-refractivity contribution in [1.82, 2.24) is 0 Å². The molecule has 0 saturated carbocycles. The number of benzene rings is 2. The van der Waals surface area contributed by atoms with Crippen LogP contribution in [0.3, 0.4) is 0 Å². The molecule has 2 aromatic carbocycles. The molecule has 0 bridgehead atoms. The van der Waals surface area contributed by atoms with Gasteiger partial charge in [0.15, 0.2) is 0 Å². The first-order valence-electron chi connectivity index (χ1n) is 7.47. The molecule has 0 heterocycles. The van der Waals surface area contributed by atoms with Crippen LogP contribution in [0.4, 0.5) is 0 Å². The van der Waals surface area contributed by atoms with Crippen LogP contribution in [0.15, 0.2) is 54.6 Å². The van der Waals surface area contributed by atoms with Gasteiger partial charge in [0.25, 0.3) is 0 Å². The molecule has 2 unspecified atom stereocenters. The van der Waals surface area contributed by atoms with Gasteiger partial charge < -0.3 is 0 Å². The van der Waals surface area contributed by atoms with E-state index in [9.17, 15) is 0 Å². The van der Waals surface area contributed by atoms with E-state index in [0.717, 1.165) is 5.50 Å². The first-order valence-corrected chi connectivity index (χ1v) is 10.6. The number of rotatable bonds is 6. The fraction of sp³-hybridized carbons (Fsp3) is 0.333. The van der Waals surface area contributed by atoms with Crippen LogP contribution >= 0.6 is 11.6 Å². The van der Waals surface area contributed by atoms with Gasteiger partial charge in [-0.2, -0.15) is 0 Å². The Balaban J connectivity index is 2.22. The first kappa shape index (κ1) is 15.3. The average Bonchev–Trinajstić information content (AvgIpc) is 2.53. The highest BCUT2D eigenvalue weighted by Gasteiger charge is 2.19. The fourth-order valence-electron chi connectivity index (χ4n) is 2.75. The van der Waals surface area contributed by atoms with Crippen LogP contribution in [0.5, 0.6) is 0 Å². The minimum atomic E-state index is -0.865. The molecule has 0 saturated heterocycles. The Bertz CT molecular complexity index is 507. The van der Waals surface area contributed by atoms with Crippen molar-refractivity contribution >= 4 is 20.4 Å². The molecule has 0 spiro atoms. The molecule has 0 aromatic heterocycles. The molecule has 0 amide bonds. The smallest absolute Gasteiger partial charge is 0.0587 e. The first-order chi connectivity index (χ1) is 9.76. The summed E-state index contributed by atoms with van der Waals surface area (Å²) in [5.74, 6) is 0. The van der Waals surface area contributed by atoms with Crippen molar-refractivity contribution in [3.05, 3.63) is 60.2 Å². The highest BCUT2D eigenvalue weighted by atomic mass is 35.5. The Morgan fingerprint density at radius 1 is 0.950 bits per heavy atom. The minimum absolute atomic E-state index is 0.710. The molecule has 106 valence electrons. The molecule has 0 aliphatic heterocycles. The molecule has 0 nitrogen and oxygen atoms in total. The fourth-order valence-corrected chi connectivity index (χ4v) is 5.39. The van der Waals surface area contributed by atoms with Crippen LogP contribution in [-0.4, -0.2) is 14.3 Å². The molecule has 0 aliphatic rings. The van der Waals surface area contributed by atoms with Crippen molar-refractivity contribution in [2.75, 3.05) is 5.50 Å². The van der Waals surface area contributed by atoms with Gasteiger partial charge in [-0.25, -0.2) is 0 Å². The molecule has 0 radical (unpaired) electrons. The third-order valence-corrected chi connectivity index (χ3v) is 8.02. The summed E-state index contributed by atoms with van der Waals surface area (Å²) in [6.45, 7) is 4.65. The highest BCUT2D eigenvalue weighted by Crippen LogP contribution is 2.27. The lowest BCUT2D eigenvalue weighted by Gasteiger charge is -2.21. The monoisotopic (exact) mass is 302 g/mol. The topological polar surface area (TPSA) is 0 Å². The van der Waals surface area contributed by atoms with Gasteiger partial charge in [-0.15, -0.1) is 11.6 Å². The Hall–Kier alpha value is -1.05. The molecule has 0 fully saturated rings. The van der Waals surface area contributed by atoms with Crippen LogP contribution in [-0.2, 0) is 0 Å². The minimum Gasteiger partial charge on any atom is -0.130 e. The maximum atomic E-state index is 6.12. The van der Waals surface area contributed by atoms with Crippen LogP contribution in [0.25, 0.3) is 11.1 Å². The van der Waals surface area contributed by atoms with Crippen molar-refractivity contribution in [3.8, 4) is 11.1 Å². The Labute approximate surface area is 129 Å². The number of alkyl halides is 1. The summed E-state index contributed by atoms with van der Waals surface area (Å²) >= 11 is 6.12. The Kier molecular flexibility index (Phi) is 5.87. The maximum absolute atomic E-state index is 6.12. The lowest BCUT2D eigenvalue weighted by molar-refractivity contribution is 0.755. The standard InChI is InChI=1S/C18H23ClSi/c1-3-7-18(20(2)14-19)17-12-10-16(11-13-17)15-8-5-4-6-9-15/h4-6,8-13,18,20H,3,7,14H2,1-2H3. The quantitative estimate of drug-likeness (QED) is 0.494. The molecule has 20 heavy (non-hydrogen) atoms. The third-order valence-electron chi connectivity index (χ3n) is 3.98. The number of halogens is 1. The summed E-state index contributed by atoms with van der Waals surface area (Å²) in [7, 11) is -0.865. The van der Waals surface area contributed by atoms with Gasteiger partial charge in [0, 0.05) is 5.50 Å². The molecule has 2 rings (SSSR count). The lowest BCUT2D eigenvalue weighted by atomic mass is 10.0. The summed E-state index contributed by atoms with van der Waals surface area (Å²) in [6.07, 6.45) is 2.50. The van der Waals surface area contributed by atoms with E-state index in [0.29, 0.717) is 5.54 Å². The summed E-state index contributed by atoms with van der Waals surface area (Å²) in [4.78, 5) is 0. The van der Waals surface area contributed by atoms with Crippen LogP contribution in [0.2, 0.25) is 6.55 Å². The predicted molar refractivity (Wildman–Crippen MR) is 93.3 cm³/mol. The summed E-state index contributed by atoms with van der Waals surface area (Å²) in [5, 5.41) is 0. The van der Waals surface area contributed by atoms with Crippen LogP contribution in [0, 0.1) is 0 Å². The largest absolute Gasteiger partial charge is 0.130 e.